The monoisotopic (exact) mass is 451 g/mol. The Morgan fingerprint density at radius 3 is 2.32 bits per heavy atom. The van der Waals surface area contributed by atoms with E-state index in [9.17, 15) is 18.0 Å². The smallest absolute Gasteiger partial charge is 0.412 e. The third-order valence-electron chi connectivity index (χ3n) is 4.34. The SMILES string of the molecule is C[C@H](OC(=O)N[C@H](c1ccc(Br)cc1)C(F)(F)F)c1cccc2ccccc12. The molecule has 0 heterocycles. The number of hydrogen-bond acceptors (Lipinski definition) is 2. The van der Waals surface area contributed by atoms with Gasteiger partial charge in [-0.3, -0.25) is 0 Å². The zero-order valence-corrected chi connectivity index (χ0v) is 16.4. The summed E-state index contributed by atoms with van der Waals surface area (Å²) in [7, 11) is 0. The number of ether oxygens (including phenoxy) is 1. The standard InChI is InChI=1S/C21H17BrF3NO2/c1-13(17-8-4-6-14-5-2-3-7-18(14)17)28-20(27)26-19(21(23,24)25)15-9-11-16(22)12-10-15/h2-13,19H,1H3,(H,26,27)/t13-,19+/m0/s1. The normalized spacial score (nSPS) is 13.8. The summed E-state index contributed by atoms with van der Waals surface area (Å²) >= 11 is 3.18. The topological polar surface area (TPSA) is 38.3 Å². The summed E-state index contributed by atoms with van der Waals surface area (Å²) in [6, 6.07) is 16.5. The number of nitrogens with one attached hydrogen (secondary N) is 1. The highest BCUT2D eigenvalue weighted by Gasteiger charge is 2.42. The molecule has 146 valence electrons. The highest BCUT2D eigenvalue weighted by molar-refractivity contribution is 9.10. The molecule has 1 amide bonds. The molecular formula is C21H17BrF3NO2. The fourth-order valence-electron chi connectivity index (χ4n) is 2.99. The fraction of sp³-hybridized carbons (Fsp3) is 0.190. The van der Waals surface area contributed by atoms with Crippen molar-refractivity contribution < 1.29 is 22.7 Å². The van der Waals surface area contributed by atoms with Gasteiger partial charge in [0.15, 0.2) is 6.04 Å². The zero-order chi connectivity index (χ0) is 20.3. The molecule has 0 radical (unpaired) electrons. The lowest BCUT2D eigenvalue weighted by Gasteiger charge is -2.23. The molecule has 0 aliphatic carbocycles. The van der Waals surface area contributed by atoms with E-state index in [2.05, 4.69) is 15.9 Å². The van der Waals surface area contributed by atoms with E-state index < -0.39 is 24.4 Å². The molecule has 3 aromatic rings. The van der Waals surface area contributed by atoms with E-state index in [0.29, 0.717) is 4.47 Å². The van der Waals surface area contributed by atoms with Crippen molar-refractivity contribution in [1.29, 1.82) is 0 Å². The van der Waals surface area contributed by atoms with Crippen LogP contribution in [0.3, 0.4) is 0 Å². The van der Waals surface area contributed by atoms with Gasteiger partial charge in [-0.25, -0.2) is 4.79 Å². The maximum atomic E-state index is 13.5. The first kappa shape index (κ1) is 20.2. The van der Waals surface area contributed by atoms with Crippen molar-refractivity contribution in [2.24, 2.45) is 0 Å². The third-order valence-corrected chi connectivity index (χ3v) is 4.87. The summed E-state index contributed by atoms with van der Waals surface area (Å²) < 4.78 is 46.3. The lowest BCUT2D eigenvalue weighted by Crippen LogP contribution is -2.38. The van der Waals surface area contributed by atoms with Crippen LogP contribution in [0.15, 0.2) is 71.2 Å². The number of benzene rings is 3. The van der Waals surface area contributed by atoms with Gasteiger partial charge in [-0.1, -0.05) is 70.5 Å². The number of amides is 1. The molecule has 0 unspecified atom stereocenters. The van der Waals surface area contributed by atoms with Gasteiger partial charge in [0.05, 0.1) is 0 Å². The summed E-state index contributed by atoms with van der Waals surface area (Å²) in [6.07, 6.45) is -6.51. The van der Waals surface area contributed by atoms with E-state index in [0.717, 1.165) is 16.3 Å². The van der Waals surface area contributed by atoms with E-state index in [4.69, 9.17) is 4.74 Å². The predicted octanol–water partition coefficient (Wildman–Crippen LogP) is 6.69. The number of alkyl halides is 3. The number of halogens is 4. The van der Waals surface area contributed by atoms with E-state index in [-0.39, 0.29) is 5.56 Å². The number of alkyl carbamates (subject to hydrolysis) is 1. The molecule has 7 heteroatoms. The molecule has 2 atom stereocenters. The van der Waals surface area contributed by atoms with Crippen molar-refractivity contribution in [3.05, 3.63) is 82.3 Å². The molecule has 0 saturated heterocycles. The molecular weight excluding hydrogens is 435 g/mol. The minimum Gasteiger partial charge on any atom is -0.442 e. The Balaban J connectivity index is 1.78. The van der Waals surface area contributed by atoms with Crippen LogP contribution in [0, 0.1) is 0 Å². The molecule has 0 aliphatic rings. The van der Waals surface area contributed by atoms with Crippen LogP contribution in [-0.4, -0.2) is 12.3 Å². The molecule has 3 rings (SSSR count). The summed E-state index contributed by atoms with van der Waals surface area (Å²) in [5, 5.41) is 3.78. The van der Waals surface area contributed by atoms with Crippen molar-refractivity contribution in [3.8, 4) is 0 Å². The second kappa shape index (κ2) is 8.22. The van der Waals surface area contributed by atoms with E-state index >= 15 is 0 Å². The second-order valence-corrected chi connectivity index (χ2v) is 7.20. The van der Waals surface area contributed by atoms with Crippen LogP contribution in [0.25, 0.3) is 10.8 Å². The Kier molecular flexibility index (Phi) is 5.93. The number of rotatable bonds is 4. The van der Waals surface area contributed by atoms with Crippen LogP contribution in [0.5, 0.6) is 0 Å². The number of carbonyl (C=O) groups excluding carboxylic acids is 1. The van der Waals surface area contributed by atoms with Gasteiger partial charge < -0.3 is 10.1 Å². The Labute approximate surface area is 168 Å². The van der Waals surface area contributed by atoms with Gasteiger partial charge >= 0.3 is 12.3 Å². The molecule has 3 aromatic carbocycles. The fourth-order valence-corrected chi connectivity index (χ4v) is 3.25. The first-order valence-electron chi connectivity index (χ1n) is 8.52. The Bertz CT molecular complexity index is 968. The maximum Gasteiger partial charge on any atom is 0.412 e. The number of carbonyl (C=O) groups is 1. The van der Waals surface area contributed by atoms with Gasteiger partial charge in [-0.15, -0.1) is 0 Å². The molecule has 0 aromatic heterocycles. The van der Waals surface area contributed by atoms with Crippen LogP contribution in [0.4, 0.5) is 18.0 Å². The van der Waals surface area contributed by atoms with E-state index in [1.165, 1.54) is 24.3 Å². The summed E-state index contributed by atoms with van der Waals surface area (Å²) in [6.45, 7) is 1.63. The molecule has 0 aliphatic heterocycles. The molecule has 0 fully saturated rings. The number of fused-ring (bicyclic) bond motifs is 1. The minimum atomic E-state index is -4.66. The summed E-state index contributed by atoms with van der Waals surface area (Å²) in [5.41, 5.74) is 0.644. The zero-order valence-electron chi connectivity index (χ0n) is 14.8. The highest BCUT2D eigenvalue weighted by Crippen LogP contribution is 2.34. The highest BCUT2D eigenvalue weighted by atomic mass is 79.9. The molecule has 1 N–H and O–H groups in total. The lowest BCUT2D eigenvalue weighted by molar-refractivity contribution is -0.156. The quantitative estimate of drug-likeness (QED) is 0.479. The molecule has 0 saturated carbocycles. The van der Waals surface area contributed by atoms with Crippen LogP contribution in [0.1, 0.15) is 30.2 Å². The second-order valence-electron chi connectivity index (χ2n) is 6.29. The van der Waals surface area contributed by atoms with Crippen LogP contribution >= 0.6 is 15.9 Å². The van der Waals surface area contributed by atoms with Gasteiger partial charge in [0.25, 0.3) is 0 Å². The van der Waals surface area contributed by atoms with Crippen molar-refractivity contribution in [1.82, 2.24) is 5.32 Å². The average Bonchev–Trinajstić information content (AvgIpc) is 2.65. The molecule has 0 bridgehead atoms. The summed E-state index contributed by atoms with van der Waals surface area (Å²) in [4.78, 5) is 12.2. The summed E-state index contributed by atoms with van der Waals surface area (Å²) in [5.74, 6) is 0. The van der Waals surface area contributed by atoms with Crippen molar-refractivity contribution in [2.75, 3.05) is 0 Å². The van der Waals surface area contributed by atoms with Crippen molar-refractivity contribution >= 4 is 32.8 Å². The Hall–Kier alpha value is -2.54. The molecule has 3 nitrogen and oxygen atoms in total. The minimum absolute atomic E-state index is 0.0783. The van der Waals surface area contributed by atoms with Gasteiger partial charge in [0, 0.05) is 10.0 Å². The first-order valence-corrected chi connectivity index (χ1v) is 9.32. The Morgan fingerprint density at radius 2 is 1.64 bits per heavy atom. The van der Waals surface area contributed by atoms with E-state index in [1.54, 1.807) is 13.0 Å². The van der Waals surface area contributed by atoms with Gasteiger partial charge in [0.2, 0.25) is 0 Å². The average molecular weight is 452 g/mol. The van der Waals surface area contributed by atoms with Gasteiger partial charge in [-0.2, -0.15) is 13.2 Å². The van der Waals surface area contributed by atoms with Crippen LogP contribution in [0.2, 0.25) is 0 Å². The van der Waals surface area contributed by atoms with E-state index in [1.807, 2.05) is 41.7 Å². The van der Waals surface area contributed by atoms with Crippen LogP contribution < -0.4 is 5.32 Å². The van der Waals surface area contributed by atoms with Crippen molar-refractivity contribution in [3.63, 3.8) is 0 Å². The lowest BCUT2D eigenvalue weighted by atomic mass is 10.0. The predicted molar refractivity (Wildman–Crippen MR) is 105 cm³/mol. The Morgan fingerprint density at radius 1 is 1.00 bits per heavy atom. The van der Waals surface area contributed by atoms with Crippen molar-refractivity contribution in [2.45, 2.75) is 25.2 Å². The van der Waals surface area contributed by atoms with Crippen LogP contribution in [-0.2, 0) is 4.74 Å². The largest absolute Gasteiger partial charge is 0.442 e. The molecule has 0 spiro atoms. The maximum absolute atomic E-state index is 13.5. The van der Waals surface area contributed by atoms with Gasteiger partial charge in [0.1, 0.15) is 6.10 Å². The first-order chi connectivity index (χ1) is 13.3. The molecule has 28 heavy (non-hydrogen) atoms. The third kappa shape index (κ3) is 4.65. The number of hydrogen-bond donors (Lipinski definition) is 1. The van der Waals surface area contributed by atoms with Gasteiger partial charge in [-0.05, 0) is 35.4 Å².